The molecule has 0 N–H and O–H groups in total. The lowest BCUT2D eigenvalue weighted by atomic mass is 10.2. The Hall–Kier alpha value is -0.0800. The van der Waals surface area contributed by atoms with Gasteiger partial charge in [-0.05, 0) is 38.8 Å². The van der Waals surface area contributed by atoms with Crippen LogP contribution in [0.1, 0.15) is 52.4 Å². The molecular formula is C13H27NO. The van der Waals surface area contributed by atoms with Crippen LogP contribution in [0.25, 0.3) is 0 Å². The fourth-order valence-corrected chi connectivity index (χ4v) is 2.13. The van der Waals surface area contributed by atoms with Gasteiger partial charge in [-0.25, -0.2) is 0 Å². The minimum absolute atomic E-state index is 0.527. The van der Waals surface area contributed by atoms with E-state index < -0.39 is 0 Å². The molecule has 0 aromatic heterocycles. The van der Waals surface area contributed by atoms with Crippen LogP contribution in [0.4, 0.5) is 0 Å². The Kier molecular flexibility index (Phi) is 7.03. The Morgan fingerprint density at radius 1 is 1.13 bits per heavy atom. The summed E-state index contributed by atoms with van der Waals surface area (Å²) in [5, 5.41) is 0. The summed E-state index contributed by atoms with van der Waals surface area (Å²) in [5.74, 6) is 0. The van der Waals surface area contributed by atoms with E-state index >= 15 is 0 Å². The smallest absolute Gasteiger partial charge is 0.0702 e. The van der Waals surface area contributed by atoms with Gasteiger partial charge >= 0.3 is 0 Å². The normalized spacial score (nSPS) is 21.4. The molecule has 1 rings (SSSR count). The van der Waals surface area contributed by atoms with Gasteiger partial charge in [0.15, 0.2) is 0 Å². The summed E-state index contributed by atoms with van der Waals surface area (Å²) in [7, 11) is 0. The molecule has 0 aromatic carbocycles. The van der Waals surface area contributed by atoms with Crippen molar-refractivity contribution < 1.29 is 4.74 Å². The summed E-state index contributed by atoms with van der Waals surface area (Å²) in [5.41, 5.74) is 0. The lowest BCUT2D eigenvalue weighted by molar-refractivity contribution is 0.0721. The summed E-state index contributed by atoms with van der Waals surface area (Å²) in [6.07, 6.45) is 8.32. The van der Waals surface area contributed by atoms with Gasteiger partial charge in [-0.15, -0.1) is 0 Å². The lowest BCUT2D eigenvalue weighted by Gasteiger charge is -2.24. The maximum Gasteiger partial charge on any atom is 0.0702 e. The zero-order valence-electron chi connectivity index (χ0n) is 10.5. The predicted octanol–water partition coefficient (Wildman–Crippen LogP) is 3.07. The molecule has 90 valence electrons. The molecule has 0 bridgehead atoms. The Balaban J connectivity index is 2.19. The Labute approximate surface area is 95.0 Å². The van der Waals surface area contributed by atoms with Gasteiger partial charge in [-0.3, -0.25) is 0 Å². The van der Waals surface area contributed by atoms with Crippen molar-refractivity contribution in [1.29, 1.82) is 0 Å². The van der Waals surface area contributed by atoms with Gasteiger partial charge in [0, 0.05) is 13.2 Å². The van der Waals surface area contributed by atoms with Crippen molar-refractivity contribution in [3.63, 3.8) is 0 Å². The topological polar surface area (TPSA) is 12.5 Å². The molecule has 1 atom stereocenters. The number of nitrogens with zero attached hydrogens (tertiary/aromatic N) is 1. The average Bonchev–Trinajstić information content (AvgIpc) is 2.74. The first-order valence-corrected chi connectivity index (χ1v) is 6.70. The van der Waals surface area contributed by atoms with E-state index in [1.54, 1.807) is 0 Å². The Bertz CT molecular complexity index is 135. The highest BCUT2D eigenvalue weighted by molar-refractivity contribution is 4.70. The molecule has 0 spiro atoms. The van der Waals surface area contributed by atoms with Crippen LogP contribution in [0, 0.1) is 0 Å². The quantitative estimate of drug-likeness (QED) is 0.614. The van der Waals surface area contributed by atoms with Crippen LogP contribution in [-0.2, 0) is 4.74 Å². The zero-order valence-corrected chi connectivity index (χ0v) is 10.5. The van der Waals surface area contributed by atoms with Crippen molar-refractivity contribution in [2.24, 2.45) is 0 Å². The van der Waals surface area contributed by atoms with Crippen molar-refractivity contribution in [1.82, 2.24) is 4.90 Å². The van der Waals surface area contributed by atoms with Gasteiger partial charge in [0.05, 0.1) is 6.10 Å². The molecule has 0 amide bonds. The number of rotatable bonds is 8. The molecular weight excluding hydrogens is 186 g/mol. The van der Waals surface area contributed by atoms with Gasteiger partial charge in [-0.2, -0.15) is 0 Å². The van der Waals surface area contributed by atoms with Crippen molar-refractivity contribution in [2.45, 2.75) is 58.5 Å². The number of unbranched alkanes of at least 4 members (excludes halogenated alkanes) is 2. The highest BCUT2D eigenvalue weighted by Crippen LogP contribution is 2.14. The van der Waals surface area contributed by atoms with Gasteiger partial charge in [0.25, 0.3) is 0 Å². The first-order chi connectivity index (χ1) is 7.36. The molecule has 15 heavy (non-hydrogen) atoms. The average molecular weight is 213 g/mol. The SMILES string of the molecule is CCCCN(CCCC)CC1CCCO1. The number of hydrogen-bond donors (Lipinski definition) is 0. The molecule has 1 aliphatic rings. The standard InChI is InChI=1S/C13H27NO/c1-3-5-9-14(10-6-4-2)12-13-8-7-11-15-13/h13H,3-12H2,1-2H3. The Morgan fingerprint density at radius 3 is 2.27 bits per heavy atom. The molecule has 0 aromatic rings. The highest BCUT2D eigenvalue weighted by atomic mass is 16.5. The fourth-order valence-electron chi connectivity index (χ4n) is 2.13. The van der Waals surface area contributed by atoms with Gasteiger partial charge in [0.1, 0.15) is 0 Å². The summed E-state index contributed by atoms with van der Waals surface area (Å²) >= 11 is 0. The third-order valence-corrected chi connectivity index (χ3v) is 3.14. The van der Waals surface area contributed by atoms with E-state index in [1.165, 1.54) is 58.2 Å². The molecule has 1 fully saturated rings. The summed E-state index contributed by atoms with van der Waals surface area (Å²) in [4.78, 5) is 2.60. The van der Waals surface area contributed by atoms with Gasteiger partial charge in [-0.1, -0.05) is 26.7 Å². The molecule has 0 radical (unpaired) electrons. The largest absolute Gasteiger partial charge is 0.377 e. The lowest BCUT2D eigenvalue weighted by Crippen LogP contribution is -2.33. The minimum atomic E-state index is 0.527. The van der Waals surface area contributed by atoms with E-state index in [0.29, 0.717) is 6.10 Å². The molecule has 0 saturated carbocycles. The summed E-state index contributed by atoms with van der Waals surface area (Å²) < 4.78 is 5.70. The maximum atomic E-state index is 5.70. The van der Waals surface area contributed by atoms with E-state index in [-0.39, 0.29) is 0 Å². The molecule has 2 nitrogen and oxygen atoms in total. The molecule has 1 unspecified atom stereocenters. The zero-order chi connectivity index (χ0) is 10.9. The maximum absolute atomic E-state index is 5.70. The minimum Gasteiger partial charge on any atom is -0.377 e. The Morgan fingerprint density at radius 2 is 1.80 bits per heavy atom. The second-order valence-corrected chi connectivity index (χ2v) is 4.64. The van der Waals surface area contributed by atoms with Crippen molar-refractivity contribution in [3.8, 4) is 0 Å². The fraction of sp³-hybridized carbons (Fsp3) is 1.00. The van der Waals surface area contributed by atoms with Crippen molar-refractivity contribution in [3.05, 3.63) is 0 Å². The monoisotopic (exact) mass is 213 g/mol. The molecule has 2 heteroatoms. The molecule has 1 saturated heterocycles. The van der Waals surface area contributed by atoms with Crippen LogP contribution in [0.5, 0.6) is 0 Å². The molecule has 1 heterocycles. The van der Waals surface area contributed by atoms with E-state index in [9.17, 15) is 0 Å². The third kappa shape index (κ3) is 5.53. The number of ether oxygens (including phenoxy) is 1. The first kappa shape index (κ1) is 13.0. The van der Waals surface area contributed by atoms with E-state index in [0.717, 1.165) is 6.61 Å². The van der Waals surface area contributed by atoms with E-state index in [1.807, 2.05) is 0 Å². The second-order valence-electron chi connectivity index (χ2n) is 4.64. The van der Waals surface area contributed by atoms with Crippen LogP contribution < -0.4 is 0 Å². The highest BCUT2D eigenvalue weighted by Gasteiger charge is 2.18. The summed E-state index contributed by atoms with van der Waals surface area (Å²) in [6.45, 7) is 9.21. The van der Waals surface area contributed by atoms with Crippen LogP contribution in [0.2, 0.25) is 0 Å². The van der Waals surface area contributed by atoms with E-state index in [4.69, 9.17) is 4.74 Å². The van der Waals surface area contributed by atoms with Crippen LogP contribution in [0.3, 0.4) is 0 Å². The van der Waals surface area contributed by atoms with Crippen LogP contribution >= 0.6 is 0 Å². The summed E-state index contributed by atoms with van der Waals surface area (Å²) in [6, 6.07) is 0. The van der Waals surface area contributed by atoms with Crippen LogP contribution in [-0.4, -0.2) is 37.2 Å². The third-order valence-electron chi connectivity index (χ3n) is 3.14. The van der Waals surface area contributed by atoms with Crippen molar-refractivity contribution >= 4 is 0 Å². The molecule has 1 aliphatic heterocycles. The van der Waals surface area contributed by atoms with Crippen LogP contribution in [0.15, 0.2) is 0 Å². The second kappa shape index (κ2) is 8.12. The van der Waals surface area contributed by atoms with Gasteiger partial charge in [0.2, 0.25) is 0 Å². The van der Waals surface area contributed by atoms with Crippen molar-refractivity contribution in [2.75, 3.05) is 26.2 Å². The first-order valence-electron chi connectivity index (χ1n) is 6.70. The molecule has 0 aliphatic carbocycles. The van der Waals surface area contributed by atoms with Gasteiger partial charge < -0.3 is 9.64 Å². The van der Waals surface area contributed by atoms with E-state index in [2.05, 4.69) is 18.7 Å². The predicted molar refractivity (Wildman–Crippen MR) is 65.2 cm³/mol. The number of hydrogen-bond acceptors (Lipinski definition) is 2.